The minimum atomic E-state index is 0.408. The Labute approximate surface area is 286 Å². The zero-order chi connectivity index (χ0) is 35.2. The standard InChI is InChI=1S/C19H28N2O.C17H21NO2S.2CH4O/c1-6-9-11-16(17-12-10-13-22-17)18(15(5)21-8-3)19(20)14(4)7-2;1-12-8-9-15(19-12)10-21-11-16-13(2)18-20-17(16)14-6-4-3-5-7-14;2*1-2/h8,10-13H,6-7,9,20H2,1-5H3;3-7,12,15H,8-11H2,1-2H3;2*2H,1H3/b16-11-,18-15-,19-14-,21-8?;;;. The Morgan fingerprint density at radius 2 is 1.77 bits per heavy atom. The van der Waals surface area contributed by atoms with E-state index < -0.39 is 0 Å². The molecule has 0 saturated carbocycles. The van der Waals surface area contributed by atoms with E-state index in [1.54, 1.807) is 12.5 Å². The molecule has 4 rings (SSSR count). The summed E-state index contributed by atoms with van der Waals surface area (Å²) in [5.74, 6) is 3.71. The number of hydrogen-bond acceptors (Lipinski definition) is 9. The maximum atomic E-state index is 7.00. The van der Waals surface area contributed by atoms with Crippen LogP contribution in [0, 0.1) is 6.92 Å². The summed E-state index contributed by atoms with van der Waals surface area (Å²) >= 11 is 1.91. The number of aliphatic hydroxyl groups excluding tert-OH is 2. The van der Waals surface area contributed by atoms with E-state index in [4.69, 9.17) is 29.6 Å². The highest BCUT2D eigenvalue weighted by Crippen LogP contribution is 2.33. The third-order valence-electron chi connectivity index (χ3n) is 7.53. The van der Waals surface area contributed by atoms with Crippen LogP contribution >= 0.6 is 11.8 Å². The van der Waals surface area contributed by atoms with E-state index in [1.807, 2.05) is 62.9 Å². The largest absolute Gasteiger partial charge is 0.464 e. The molecule has 2 aromatic heterocycles. The molecule has 0 amide bonds. The molecule has 260 valence electrons. The average Bonchev–Trinajstić information content (AvgIpc) is 3.87. The number of allylic oxidation sites excluding steroid dienone is 4. The molecular weight excluding hydrogens is 611 g/mol. The molecule has 0 bridgehead atoms. The van der Waals surface area contributed by atoms with Gasteiger partial charge in [-0.05, 0) is 78.0 Å². The minimum absolute atomic E-state index is 0.408. The zero-order valence-electron chi connectivity index (χ0n) is 29.9. The van der Waals surface area contributed by atoms with Gasteiger partial charge in [-0.1, -0.05) is 61.8 Å². The van der Waals surface area contributed by atoms with Crippen LogP contribution in [0.1, 0.15) is 90.7 Å². The highest BCUT2D eigenvalue weighted by atomic mass is 32.2. The van der Waals surface area contributed by atoms with Crippen molar-refractivity contribution in [2.75, 3.05) is 20.0 Å². The number of nitrogens with two attached hydrogens (primary N) is 1. The molecule has 1 aliphatic heterocycles. The first kappa shape index (κ1) is 41.7. The van der Waals surface area contributed by atoms with E-state index >= 15 is 0 Å². The molecule has 0 aliphatic carbocycles. The lowest BCUT2D eigenvalue weighted by atomic mass is 9.94. The van der Waals surface area contributed by atoms with Crippen molar-refractivity contribution in [1.29, 1.82) is 0 Å². The molecule has 4 N–H and O–H groups in total. The second-order valence-corrected chi connectivity index (χ2v) is 11.9. The molecule has 9 heteroatoms. The molecule has 3 heterocycles. The summed E-state index contributed by atoms with van der Waals surface area (Å²) in [6, 6.07) is 14.1. The minimum Gasteiger partial charge on any atom is -0.464 e. The van der Waals surface area contributed by atoms with Gasteiger partial charge in [0.1, 0.15) is 5.76 Å². The van der Waals surface area contributed by atoms with Crippen molar-refractivity contribution in [2.45, 2.75) is 98.5 Å². The Morgan fingerprint density at radius 1 is 1.06 bits per heavy atom. The van der Waals surface area contributed by atoms with Crippen molar-refractivity contribution >= 4 is 23.5 Å². The van der Waals surface area contributed by atoms with Crippen molar-refractivity contribution in [1.82, 2.24) is 5.16 Å². The summed E-state index contributed by atoms with van der Waals surface area (Å²) in [6.45, 7) is 14.4. The average molecular weight is 668 g/mol. The maximum absolute atomic E-state index is 7.00. The van der Waals surface area contributed by atoms with Crippen molar-refractivity contribution < 1.29 is 23.9 Å². The molecule has 2 unspecified atom stereocenters. The predicted molar refractivity (Wildman–Crippen MR) is 198 cm³/mol. The van der Waals surface area contributed by atoms with Gasteiger partial charge in [0.05, 0.1) is 24.2 Å². The number of aliphatic imine (C=N–C) groups is 1. The number of nitrogens with zero attached hydrogens (tertiary/aromatic N) is 2. The summed E-state index contributed by atoms with van der Waals surface area (Å²) in [7, 11) is 2.00. The van der Waals surface area contributed by atoms with Crippen molar-refractivity contribution in [3.8, 4) is 11.3 Å². The van der Waals surface area contributed by atoms with Crippen LogP contribution < -0.4 is 5.73 Å². The number of unbranched alkanes of at least 4 members (excludes halogenated alkanes) is 1. The topological polar surface area (TPSA) is 127 Å². The smallest absolute Gasteiger partial charge is 0.171 e. The van der Waals surface area contributed by atoms with E-state index in [1.165, 1.54) is 18.4 Å². The maximum Gasteiger partial charge on any atom is 0.171 e. The molecule has 3 aromatic rings. The Bertz CT molecular complexity index is 1390. The molecule has 1 aliphatic rings. The van der Waals surface area contributed by atoms with Gasteiger partial charge < -0.3 is 29.6 Å². The van der Waals surface area contributed by atoms with Gasteiger partial charge in [0.2, 0.25) is 0 Å². The summed E-state index contributed by atoms with van der Waals surface area (Å²) in [4.78, 5) is 4.46. The van der Waals surface area contributed by atoms with Crippen LogP contribution in [-0.2, 0) is 10.5 Å². The molecule has 1 saturated heterocycles. The van der Waals surface area contributed by atoms with Crippen molar-refractivity contribution in [3.63, 3.8) is 0 Å². The Balaban J connectivity index is 0.000000425. The molecule has 8 nitrogen and oxygen atoms in total. The van der Waals surface area contributed by atoms with Crippen LogP contribution in [-0.4, -0.2) is 53.8 Å². The van der Waals surface area contributed by atoms with Gasteiger partial charge in [-0.25, -0.2) is 0 Å². The highest BCUT2D eigenvalue weighted by molar-refractivity contribution is 7.98. The van der Waals surface area contributed by atoms with E-state index in [-0.39, 0.29) is 0 Å². The summed E-state index contributed by atoms with van der Waals surface area (Å²) in [6.07, 6.45) is 11.8. The lowest BCUT2D eigenvalue weighted by Crippen LogP contribution is -2.11. The van der Waals surface area contributed by atoms with Gasteiger partial charge in [-0.2, -0.15) is 11.8 Å². The Hall–Kier alpha value is -3.37. The number of aryl methyl sites for hydroxylation is 1. The lowest BCUT2D eigenvalue weighted by Gasteiger charge is -2.16. The van der Waals surface area contributed by atoms with E-state index in [0.717, 1.165) is 95.9 Å². The summed E-state index contributed by atoms with van der Waals surface area (Å²) < 4.78 is 17.0. The second kappa shape index (κ2) is 23.9. The van der Waals surface area contributed by atoms with E-state index in [9.17, 15) is 0 Å². The number of aliphatic hydroxyl groups is 2. The first-order chi connectivity index (χ1) is 22.8. The molecule has 2 atom stereocenters. The Morgan fingerprint density at radius 3 is 2.32 bits per heavy atom. The SMILES string of the molecule is CC=N/C(C)=C(C(\N)=C(/C)CC)/C(=C\CCC)c1ccco1.CO.CO.Cc1noc(-c2ccccc2)c1CSCC1CCC(C)O1. The van der Waals surface area contributed by atoms with Crippen LogP contribution in [0.15, 0.2) is 91.3 Å². The molecule has 1 fully saturated rings. The van der Waals surface area contributed by atoms with Gasteiger partial charge in [0.25, 0.3) is 0 Å². The summed E-state index contributed by atoms with van der Waals surface area (Å²) in [5, 5.41) is 18.1. The molecule has 47 heavy (non-hydrogen) atoms. The fourth-order valence-corrected chi connectivity index (χ4v) is 6.09. The van der Waals surface area contributed by atoms with E-state index in [0.29, 0.717) is 12.2 Å². The fourth-order valence-electron chi connectivity index (χ4n) is 4.92. The third kappa shape index (κ3) is 13.3. The lowest BCUT2D eigenvalue weighted by molar-refractivity contribution is 0.0700. The van der Waals surface area contributed by atoms with Crippen molar-refractivity contribution in [2.24, 2.45) is 10.7 Å². The van der Waals surface area contributed by atoms with Gasteiger partial charge in [-0.3, -0.25) is 4.99 Å². The summed E-state index contributed by atoms with van der Waals surface area (Å²) in [5.41, 5.74) is 14.6. The molecule has 0 radical (unpaired) electrons. The van der Waals surface area contributed by atoms with Crippen LogP contribution in [0.3, 0.4) is 0 Å². The third-order valence-corrected chi connectivity index (χ3v) is 8.63. The number of furan rings is 1. The predicted octanol–water partition coefficient (Wildman–Crippen LogP) is 9.14. The van der Waals surface area contributed by atoms with Crippen LogP contribution in [0.25, 0.3) is 16.9 Å². The fraction of sp³-hybridized carbons (Fsp3) is 0.474. The molecule has 0 spiro atoms. The number of thioether (sulfide) groups is 1. The number of aromatic nitrogens is 1. The van der Waals surface area contributed by atoms with Crippen LogP contribution in [0.4, 0.5) is 0 Å². The van der Waals surface area contributed by atoms with Crippen molar-refractivity contribution in [3.05, 3.63) is 94.4 Å². The normalized spacial score (nSPS) is 17.0. The van der Waals surface area contributed by atoms with Gasteiger partial charge in [-0.15, -0.1) is 0 Å². The zero-order valence-corrected chi connectivity index (χ0v) is 30.7. The number of ether oxygens (including phenoxy) is 1. The van der Waals surface area contributed by atoms with Gasteiger partial charge >= 0.3 is 0 Å². The van der Waals surface area contributed by atoms with Crippen LogP contribution in [0.5, 0.6) is 0 Å². The molecule has 1 aromatic carbocycles. The quantitative estimate of drug-likeness (QED) is 0.129. The van der Waals surface area contributed by atoms with E-state index in [2.05, 4.69) is 56.1 Å². The monoisotopic (exact) mass is 667 g/mol. The number of benzene rings is 1. The van der Waals surface area contributed by atoms with Gasteiger partial charge in [0, 0.05) is 65.6 Å². The number of hydrogen-bond donors (Lipinski definition) is 3. The Kier molecular flexibility index (Phi) is 21.2. The first-order valence-electron chi connectivity index (χ1n) is 16.3. The van der Waals surface area contributed by atoms with Gasteiger partial charge in [0.15, 0.2) is 5.76 Å². The van der Waals surface area contributed by atoms with Crippen LogP contribution in [0.2, 0.25) is 0 Å². The highest BCUT2D eigenvalue weighted by Gasteiger charge is 2.22. The second-order valence-electron chi connectivity index (χ2n) is 10.9. The molecular formula is C38H57N3O5S. The first-order valence-corrected chi connectivity index (χ1v) is 17.5. The number of rotatable bonds is 12.